The van der Waals surface area contributed by atoms with Crippen molar-refractivity contribution in [3.63, 3.8) is 0 Å². The fraction of sp³-hybridized carbons (Fsp3) is 0.314. The van der Waals surface area contributed by atoms with Gasteiger partial charge in [0.25, 0.3) is 0 Å². The standard InChI is InChI=1S/C15H17N5.C6H11NO.C6H6.C3H3NOS.C2H6.C2H2.CH4O/c1-11-14(12-9-17-19(3)10-12)18-20(15(11)16-2)13-7-5-4-6-8-13;8-5-7-6-3-1-2-4-6;1-2-4-6-5-3-1;5-3-4-1-2-6-3;3*1-2/h4-10,16H,1-3H3;5-6H,1-4H2,(H,7,8);1-6H;1-2H,(H,4,5);1-2H3;1-2H;2H,1H3. The predicted octanol–water partition coefficient (Wildman–Crippen LogP) is 6.31. The molecule has 248 valence electrons. The molecular weight excluding hydrogens is 598 g/mol. The van der Waals surface area contributed by atoms with Gasteiger partial charge in [0.05, 0.1) is 11.9 Å². The number of hydrogen-bond donors (Lipinski definition) is 4. The fourth-order valence-corrected chi connectivity index (χ4v) is 4.56. The van der Waals surface area contributed by atoms with Crippen LogP contribution in [0.15, 0.2) is 95.5 Å². The van der Waals surface area contributed by atoms with Crippen LogP contribution in [-0.2, 0) is 11.8 Å². The number of anilines is 1. The van der Waals surface area contributed by atoms with Gasteiger partial charge in [0.2, 0.25) is 6.41 Å². The van der Waals surface area contributed by atoms with E-state index in [1.807, 2.05) is 112 Å². The first kappa shape index (κ1) is 41.1. The summed E-state index contributed by atoms with van der Waals surface area (Å²) in [6, 6.07) is 22.6. The van der Waals surface area contributed by atoms with Crippen LogP contribution in [0.5, 0.6) is 0 Å². The lowest BCUT2D eigenvalue weighted by molar-refractivity contribution is -0.110. The lowest BCUT2D eigenvalue weighted by Crippen LogP contribution is -2.23. The molecule has 1 fully saturated rings. The molecule has 1 aliphatic rings. The van der Waals surface area contributed by atoms with Crippen molar-refractivity contribution in [2.75, 3.05) is 19.5 Å². The van der Waals surface area contributed by atoms with E-state index in [1.165, 1.54) is 37.0 Å². The van der Waals surface area contributed by atoms with Crippen molar-refractivity contribution in [3.05, 3.63) is 106 Å². The molecule has 0 aliphatic heterocycles. The number of nitrogens with zero attached hydrogens (tertiary/aromatic N) is 4. The lowest BCUT2D eigenvalue weighted by atomic mass is 10.1. The van der Waals surface area contributed by atoms with E-state index in [9.17, 15) is 9.59 Å². The number of carbonyl (C=O) groups excluding carboxylic acids is 1. The normalized spacial score (nSPS) is 10.8. The Morgan fingerprint density at radius 2 is 1.54 bits per heavy atom. The highest BCUT2D eigenvalue weighted by atomic mass is 32.1. The second kappa shape index (κ2) is 26.5. The molecule has 2 aromatic carbocycles. The predicted molar refractivity (Wildman–Crippen MR) is 192 cm³/mol. The maximum absolute atomic E-state index is 10.0. The zero-order valence-corrected chi connectivity index (χ0v) is 28.6. The van der Waals surface area contributed by atoms with Gasteiger partial charge in [-0.25, -0.2) is 4.68 Å². The minimum absolute atomic E-state index is 0.00926. The molecule has 1 aliphatic carbocycles. The number of rotatable bonds is 5. The summed E-state index contributed by atoms with van der Waals surface area (Å²) in [4.78, 5) is 22.4. The molecule has 0 saturated heterocycles. The summed E-state index contributed by atoms with van der Waals surface area (Å²) in [6.45, 7) is 6.07. The van der Waals surface area contributed by atoms with Crippen molar-refractivity contribution in [2.45, 2.75) is 52.5 Å². The number of aromatic amines is 1. The van der Waals surface area contributed by atoms with E-state index in [0.717, 1.165) is 41.8 Å². The van der Waals surface area contributed by atoms with Crippen LogP contribution in [0.1, 0.15) is 45.1 Å². The Bertz CT molecular complexity index is 1440. The molecule has 3 heterocycles. The van der Waals surface area contributed by atoms with Crippen molar-refractivity contribution < 1.29 is 9.90 Å². The second-order valence-corrected chi connectivity index (χ2v) is 9.87. The Morgan fingerprint density at radius 1 is 1.00 bits per heavy atom. The van der Waals surface area contributed by atoms with E-state index >= 15 is 0 Å². The van der Waals surface area contributed by atoms with Crippen molar-refractivity contribution >= 4 is 23.6 Å². The number of amides is 1. The fourth-order valence-electron chi connectivity index (χ4n) is 4.17. The molecule has 0 bridgehead atoms. The number of aliphatic hydroxyl groups is 1. The van der Waals surface area contributed by atoms with Gasteiger partial charge in [0.1, 0.15) is 11.5 Å². The van der Waals surface area contributed by atoms with Crippen molar-refractivity contribution in [1.82, 2.24) is 29.9 Å². The molecule has 0 unspecified atom stereocenters. The first-order chi connectivity index (χ1) is 22.5. The molecule has 1 amide bonds. The van der Waals surface area contributed by atoms with Gasteiger partial charge in [-0.3, -0.25) is 14.3 Å². The van der Waals surface area contributed by atoms with Crippen LogP contribution in [0.4, 0.5) is 5.82 Å². The Kier molecular flexibility index (Phi) is 23.6. The molecule has 46 heavy (non-hydrogen) atoms. The highest BCUT2D eigenvalue weighted by Crippen LogP contribution is 2.29. The van der Waals surface area contributed by atoms with Gasteiger partial charge >= 0.3 is 4.87 Å². The summed E-state index contributed by atoms with van der Waals surface area (Å²) in [7, 11) is 4.82. The number of benzene rings is 2. The second-order valence-electron chi connectivity index (χ2n) is 9.00. The van der Waals surface area contributed by atoms with Crippen LogP contribution in [0.2, 0.25) is 0 Å². The molecule has 3 aromatic heterocycles. The van der Waals surface area contributed by atoms with Crippen LogP contribution in [0.25, 0.3) is 16.9 Å². The number of para-hydroxylation sites is 1. The van der Waals surface area contributed by atoms with Crippen LogP contribution in [0, 0.1) is 19.8 Å². The third-order valence-electron chi connectivity index (χ3n) is 6.11. The van der Waals surface area contributed by atoms with E-state index in [1.54, 1.807) is 16.3 Å². The molecule has 0 radical (unpaired) electrons. The van der Waals surface area contributed by atoms with Gasteiger partial charge in [-0.2, -0.15) is 10.2 Å². The van der Waals surface area contributed by atoms with Gasteiger partial charge in [-0.15, -0.1) is 12.8 Å². The minimum Gasteiger partial charge on any atom is -0.400 e. The van der Waals surface area contributed by atoms with Crippen LogP contribution in [-0.4, -0.2) is 56.3 Å². The van der Waals surface area contributed by atoms with E-state index in [2.05, 4.69) is 40.5 Å². The average molecular weight is 648 g/mol. The zero-order chi connectivity index (χ0) is 34.6. The summed E-state index contributed by atoms with van der Waals surface area (Å²) in [6.07, 6.45) is 19.2. The van der Waals surface area contributed by atoms with Crippen LogP contribution < -0.4 is 15.5 Å². The zero-order valence-electron chi connectivity index (χ0n) is 27.8. The van der Waals surface area contributed by atoms with Gasteiger partial charge in [-0.05, 0) is 31.9 Å². The highest BCUT2D eigenvalue weighted by molar-refractivity contribution is 7.07. The van der Waals surface area contributed by atoms with Crippen molar-refractivity contribution in [2.24, 2.45) is 7.05 Å². The first-order valence-corrected chi connectivity index (χ1v) is 15.8. The molecule has 1 saturated carbocycles. The van der Waals surface area contributed by atoms with E-state index in [-0.39, 0.29) is 4.87 Å². The number of hydrogen-bond acceptors (Lipinski definition) is 7. The number of aliphatic hydroxyl groups excluding tert-OH is 1. The van der Waals surface area contributed by atoms with Gasteiger partial charge in [0, 0.05) is 56.1 Å². The monoisotopic (exact) mass is 647 g/mol. The molecule has 0 atom stereocenters. The van der Waals surface area contributed by atoms with E-state index < -0.39 is 0 Å². The number of H-pyrrole nitrogens is 1. The molecule has 6 rings (SSSR count). The maximum Gasteiger partial charge on any atom is 0.304 e. The number of aromatic nitrogens is 5. The van der Waals surface area contributed by atoms with Gasteiger partial charge in [-0.1, -0.05) is 92.6 Å². The Balaban J connectivity index is 0.000000641. The maximum atomic E-state index is 10.0. The van der Waals surface area contributed by atoms with Crippen LogP contribution in [0.3, 0.4) is 0 Å². The Hall–Kier alpha value is -4.92. The molecule has 4 N–H and O–H groups in total. The Labute approximate surface area is 277 Å². The smallest absolute Gasteiger partial charge is 0.304 e. The topological polar surface area (TPSA) is 130 Å². The minimum atomic E-state index is 0.00926. The summed E-state index contributed by atoms with van der Waals surface area (Å²) in [5, 5.41) is 23.7. The van der Waals surface area contributed by atoms with Gasteiger partial charge in [0.15, 0.2) is 0 Å². The summed E-state index contributed by atoms with van der Waals surface area (Å²) in [5.41, 5.74) is 4.13. The molecule has 11 heteroatoms. The van der Waals surface area contributed by atoms with E-state index in [4.69, 9.17) is 10.2 Å². The third-order valence-corrected chi connectivity index (χ3v) is 6.71. The number of nitrogens with one attached hydrogen (secondary N) is 3. The van der Waals surface area contributed by atoms with Gasteiger partial charge < -0.3 is 20.7 Å². The highest BCUT2D eigenvalue weighted by Gasteiger charge is 2.17. The molecule has 5 aromatic rings. The van der Waals surface area contributed by atoms with Crippen LogP contribution >= 0.6 is 11.3 Å². The number of carbonyl (C=O) groups is 1. The third kappa shape index (κ3) is 15.2. The molecule has 0 spiro atoms. The largest absolute Gasteiger partial charge is 0.400 e. The molecular formula is C35H49N7O3S. The summed E-state index contributed by atoms with van der Waals surface area (Å²) >= 11 is 1.17. The Morgan fingerprint density at radius 3 is 1.93 bits per heavy atom. The van der Waals surface area contributed by atoms with E-state index in [0.29, 0.717) is 6.04 Å². The number of thiazole rings is 1. The SMILES string of the molecule is C#C.CC.CNc1c(C)c(-c2cnn(C)c2)nn1-c1ccccc1.CO.O=CNC1CCCC1.O=c1[nH]ccs1.c1ccccc1. The first-order valence-electron chi connectivity index (χ1n) is 14.9. The quantitative estimate of drug-likeness (QED) is 0.131. The van der Waals surface area contributed by atoms with Crippen molar-refractivity contribution in [3.8, 4) is 29.8 Å². The average Bonchev–Trinajstić information content (AvgIpc) is 3.96. The summed E-state index contributed by atoms with van der Waals surface area (Å²) in [5.74, 6) is 0.995. The number of aryl methyl sites for hydroxylation is 1. The van der Waals surface area contributed by atoms with Crippen molar-refractivity contribution in [1.29, 1.82) is 0 Å². The lowest BCUT2D eigenvalue weighted by Gasteiger charge is -2.06. The molecule has 10 nitrogen and oxygen atoms in total. The summed E-state index contributed by atoms with van der Waals surface area (Å²) < 4.78 is 3.72. The number of terminal acetylenes is 1.